The number of carbonyl (C=O) groups is 1. The minimum Gasteiger partial charge on any atom is -0.479 e. The number of hydrogen-bond acceptors (Lipinski definition) is 3. The van der Waals surface area contributed by atoms with Gasteiger partial charge in [0.05, 0.1) is 5.02 Å². The second-order valence-corrected chi connectivity index (χ2v) is 5.25. The number of halogens is 2. The predicted molar refractivity (Wildman–Crippen MR) is 76.0 cm³/mol. The van der Waals surface area contributed by atoms with Crippen molar-refractivity contribution in [3.05, 3.63) is 28.2 Å². The second kappa shape index (κ2) is 6.46. The molecular weight excluding hydrogens is 287 g/mol. The molecule has 1 unspecified atom stereocenters. The first-order chi connectivity index (χ1) is 9.08. The smallest absolute Gasteiger partial charge is 0.263 e. The molecular formula is C13H16Cl2N2O2. The van der Waals surface area contributed by atoms with Gasteiger partial charge in [-0.05, 0) is 25.1 Å². The monoisotopic (exact) mass is 302 g/mol. The first kappa shape index (κ1) is 14.4. The molecule has 1 aromatic rings. The summed E-state index contributed by atoms with van der Waals surface area (Å²) in [6.45, 7) is 4.79. The Labute approximate surface area is 122 Å². The van der Waals surface area contributed by atoms with Gasteiger partial charge < -0.3 is 15.0 Å². The van der Waals surface area contributed by atoms with Crippen LogP contribution in [0.25, 0.3) is 0 Å². The topological polar surface area (TPSA) is 41.6 Å². The summed E-state index contributed by atoms with van der Waals surface area (Å²) in [5.41, 5.74) is 0. The molecule has 1 aliphatic rings. The minimum absolute atomic E-state index is 0.0208. The van der Waals surface area contributed by atoms with E-state index in [2.05, 4.69) is 5.32 Å². The highest BCUT2D eigenvalue weighted by atomic mass is 35.5. The van der Waals surface area contributed by atoms with Crippen LogP contribution in [0.3, 0.4) is 0 Å². The molecule has 1 atom stereocenters. The molecule has 0 spiro atoms. The van der Waals surface area contributed by atoms with Gasteiger partial charge >= 0.3 is 0 Å². The lowest BCUT2D eigenvalue weighted by Gasteiger charge is -2.29. The lowest BCUT2D eigenvalue weighted by molar-refractivity contribution is -0.138. The predicted octanol–water partition coefficient (Wildman–Crippen LogP) is 2.19. The van der Waals surface area contributed by atoms with Crippen molar-refractivity contribution < 1.29 is 9.53 Å². The van der Waals surface area contributed by atoms with Gasteiger partial charge in [0.15, 0.2) is 6.10 Å². The molecule has 1 saturated heterocycles. The lowest BCUT2D eigenvalue weighted by atomic mass is 10.2. The van der Waals surface area contributed by atoms with Crippen LogP contribution in [0, 0.1) is 0 Å². The van der Waals surface area contributed by atoms with Gasteiger partial charge in [-0.3, -0.25) is 4.79 Å². The fraction of sp³-hybridized carbons (Fsp3) is 0.462. The van der Waals surface area contributed by atoms with Crippen LogP contribution in [0.2, 0.25) is 10.0 Å². The fourth-order valence-electron chi connectivity index (χ4n) is 1.95. The van der Waals surface area contributed by atoms with Crippen LogP contribution >= 0.6 is 23.2 Å². The van der Waals surface area contributed by atoms with Crippen molar-refractivity contribution >= 4 is 29.1 Å². The molecule has 1 aliphatic heterocycles. The lowest BCUT2D eigenvalue weighted by Crippen LogP contribution is -2.50. The van der Waals surface area contributed by atoms with Crippen molar-refractivity contribution in [1.82, 2.24) is 10.2 Å². The van der Waals surface area contributed by atoms with Crippen LogP contribution in [0.1, 0.15) is 6.92 Å². The molecule has 1 fully saturated rings. The third-order valence-corrected chi connectivity index (χ3v) is 3.50. The molecule has 4 nitrogen and oxygen atoms in total. The fourth-order valence-corrected chi connectivity index (χ4v) is 2.41. The highest BCUT2D eigenvalue weighted by Gasteiger charge is 2.23. The van der Waals surface area contributed by atoms with Crippen molar-refractivity contribution in [1.29, 1.82) is 0 Å². The summed E-state index contributed by atoms with van der Waals surface area (Å²) >= 11 is 11.8. The molecule has 0 saturated carbocycles. The van der Waals surface area contributed by atoms with E-state index < -0.39 is 6.10 Å². The molecule has 0 aromatic heterocycles. The van der Waals surface area contributed by atoms with Gasteiger partial charge in [-0.15, -0.1) is 0 Å². The zero-order chi connectivity index (χ0) is 13.8. The Morgan fingerprint density at radius 1 is 1.37 bits per heavy atom. The van der Waals surface area contributed by atoms with E-state index >= 15 is 0 Å². The minimum atomic E-state index is -0.559. The van der Waals surface area contributed by atoms with Crippen LogP contribution < -0.4 is 10.1 Å². The SMILES string of the molecule is CC(Oc1ccc(Cl)cc1Cl)C(=O)N1CCNCC1. The molecule has 0 radical (unpaired) electrons. The first-order valence-corrected chi connectivity index (χ1v) is 6.95. The van der Waals surface area contributed by atoms with Crippen LogP contribution in [-0.2, 0) is 4.79 Å². The van der Waals surface area contributed by atoms with Gasteiger partial charge in [-0.1, -0.05) is 23.2 Å². The molecule has 1 N–H and O–H groups in total. The van der Waals surface area contributed by atoms with Crippen LogP contribution in [0.4, 0.5) is 0 Å². The summed E-state index contributed by atoms with van der Waals surface area (Å²) in [6, 6.07) is 4.96. The Morgan fingerprint density at radius 3 is 2.68 bits per heavy atom. The maximum absolute atomic E-state index is 12.2. The van der Waals surface area contributed by atoms with Gasteiger partial charge in [0.1, 0.15) is 5.75 Å². The van der Waals surface area contributed by atoms with Crippen LogP contribution in [0.5, 0.6) is 5.75 Å². The number of nitrogens with one attached hydrogen (secondary N) is 1. The van der Waals surface area contributed by atoms with Gasteiger partial charge in [0, 0.05) is 31.2 Å². The summed E-state index contributed by atoms with van der Waals surface area (Å²) < 4.78 is 5.61. The second-order valence-electron chi connectivity index (χ2n) is 4.41. The van der Waals surface area contributed by atoms with E-state index in [1.807, 2.05) is 0 Å². The average molecular weight is 303 g/mol. The Morgan fingerprint density at radius 2 is 2.05 bits per heavy atom. The van der Waals surface area contributed by atoms with Crippen LogP contribution in [-0.4, -0.2) is 43.1 Å². The summed E-state index contributed by atoms with van der Waals surface area (Å²) in [5.74, 6) is 0.453. The number of amides is 1. The van der Waals surface area contributed by atoms with Crippen molar-refractivity contribution in [3.63, 3.8) is 0 Å². The molecule has 1 heterocycles. The molecule has 19 heavy (non-hydrogen) atoms. The third kappa shape index (κ3) is 3.75. The molecule has 0 aliphatic carbocycles. The zero-order valence-corrected chi connectivity index (χ0v) is 12.2. The summed E-state index contributed by atoms with van der Waals surface area (Å²) in [7, 11) is 0. The molecule has 6 heteroatoms. The van der Waals surface area contributed by atoms with Crippen molar-refractivity contribution in [2.45, 2.75) is 13.0 Å². The molecule has 0 bridgehead atoms. The molecule has 2 rings (SSSR count). The quantitative estimate of drug-likeness (QED) is 0.930. The standard InChI is InChI=1S/C13H16Cl2N2O2/c1-9(13(18)17-6-4-16-5-7-17)19-12-3-2-10(14)8-11(12)15/h2-3,8-9,16H,4-7H2,1H3. The average Bonchev–Trinajstić information content (AvgIpc) is 2.42. The zero-order valence-electron chi connectivity index (χ0n) is 10.7. The van der Waals surface area contributed by atoms with Gasteiger partial charge in [0.25, 0.3) is 5.91 Å². The van der Waals surface area contributed by atoms with E-state index in [1.165, 1.54) is 0 Å². The Hall–Kier alpha value is -0.970. The number of ether oxygens (including phenoxy) is 1. The highest BCUT2D eigenvalue weighted by Crippen LogP contribution is 2.28. The summed E-state index contributed by atoms with van der Waals surface area (Å²) in [4.78, 5) is 14.0. The number of benzene rings is 1. The number of piperazine rings is 1. The largest absolute Gasteiger partial charge is 0.479 e. The van der Waals surface area contributed by atoms with E-state index in [9.17, 15) is 4.79 Å². The molecule has 1 amide bonds. The highest BCUT2D eigenvalue weighted by molar-refractivity contribution is 6.35. The Bertz CT molecular complexity index is 462. The van der Waals surface area contributed by atoms with E-state index in [0.29, 0.717) is 28.9 Å². The van der Waals surface area contributed by atoms with E-state index in [1.54, 1.807) is 30.0 Å². The van der Waals surface area contributed by atoms with Gasteiger partial charge in [0.2, 0.25) is 0 Å². The summed E-state index contributed by atoms with van der Waals surface area (Å²) in [5, 5.41) is 4.15. The van der Waals surface area contributed by atoms with E-state index in [0.717, 1.165) is 13.1 Å². The van der Waals surface area contributed by atoms with Crippen molar-refractivity contribution in [2.24, 2.45) is 0 Å². The normalized spacial score (nSPS) is 17.1. The summed E-state index contributed by atoms with van der Waals surface area (Å²) in [6.07, 6.45) is -0.559. The number of carbonyl (C=O) groups excluding carboxylic acids is 1. The maximum atomic E-state index is 12.2. The van der Waals surface area contributed by atoms with Crippen molar-refractivity contribution in [2.75, 3.05) is 26.2 Å². The Kier molecular flexibility index (Phi) is 4.91. The number of rotatable bonds is 3. The maximum Gasteiger partial charge on any atom is 0.263 e. The Balaban J connectivity index is 1.99. The van der Waals surface area contributed by atoms with Crippen molar-refractivity contribution in [3.8, 4) is 5.75 Å². The molecule has 1 aromatic carbocycles. The van der Waals surface area contributed by atoms with E-state index in [-0.39, 0.29) is 5.91 Å². The number of hydrogen-bond donors (Lipinski definition) is 1. The number of nitrogens with zero attached hydrogens (tertiary/aromatic N) is 1. The molecule has 104 valence electrons. The van der Waals surface area contributed by atoms with Gasteiger partial charge in [-0.2, -0.15) is 0 Å². The van der Waals surface area contributed by atoms with E-state index in [4.69, 9.17) is 27.9 Å². The first-order valence-electron chi connectivity index (χ1n) is 6.19. The third-order valence-electron chi connectivity index (χ3n) is 2.97. The van der Waals surface area contributed by atoms with Gasteiger partial charge in [-0.25, -0.2) is 0 Å². The van der Waals surface area contributed by atoms with Crippen LogP contribution in [0.15, 0.2) is 18.2 Å².